The molecule has 2 rings (SSSR count). The fraction of sp³-hybridized carbons (Fsp3) is 0.429. The second-order valence-corrected chi connectivity index (χ2v) is 6.46. The third-order valence-electron chi connectivity index (χ3n) is 3.86. The minimum absolute atomic E-state index is 0.587. The summed E-state index contributed by atoms with van der Waals surface area (Å²) >= 11 is 5.86. The van der Waals surface area contributed by atoms with E-state index in [1.54, 1.807) is 0 Å². The van der Waals surface area contributed by atoms with Crippen LogP contribution >= 0.6 is 11.6 Å². The van der Waals surface area contributed by atoms with Gasteiger partial charge in [-0.2, -0.15) is 0 Å². The Balaban J connectivity index is 1.64. The van der Waals surface area contributed by atoms with E-state index in [-0.39, 0.29) is 0 Å². The van der Waals surface area contributed by atoms with Crippen LogP contribution in [0.3, 0.4) is 0 Å². The van der Waals surface area contributed by atoms with Gasteiger partial charge in [0.1, 0.15) is 18.1 Å². The number of benzene rings is 2. The molecule has 0 atom stereocenters. The zero-order chi connectivity index (χ0) is 17.7. The van der Waals surface area contributed by atoms with Crippen LogP contribution in [0.25, 0.3) is 0 Å². The molecule has 2 aromatic carbocycles. The van der Waals surface area contributed by atoms with Gasteiger partial charge in [-0.05, 0) is 42.8 Å². The van der Waals surface area contributed by atoms with E-state index < -0.39 is 0 Å². The quantitative estimate of drug-likeness (QED) is 0.458. The van der Waals surface area contributed by atoms with Crippen molar-refractivity contribution in [3.05, 3.63) is 53.6 Å². The summed E-state index contributed by atoms with van der Waals surface area (Å²) in [4.78, 5) is 0. The monoisotopic (exact) mass is 361 g/mol. The van der Waals surface area contributed by atoms with E-state index >= 15 is 0 Å². The molecule has 0 aliphatic carbocycles. The van der Waals surface area contributed by atoms with Crippen LogP contribution in [-0.4, -0.2) is 19.8 Å². The topological polar surface area (TPSA) is 30.5 Å². The maximum atomic E-state index is 5.86. The Morgan fingerprint density at radius 3 is 2.40 bits per heavy atom. The van der Waals surface area contributed by atoms with Crippen LogP contribution in [-0.2, 0) is 0 Å². The van der Waals surface area contributed by atoms with Crippen molar-refractivity contribution in [2.45, 2.75) is 39.0 Å². The fourth-order valence-electron chi connectivity index (χ4n) is 2.49. The molecule has 136 valence electrons. The van der Waals surface area contributed by atoms with Crippen molar-refractivity contribution in [1.29, 1.82) is 0 Å². The highest BCUT2D eigenvalue weighted by Gasteiger charge is 1.98. The van der Waals surface area contributed by atoms with Crippen molar-refractivity contribution in [1.82, 2.24) is 0 Å². The van der Waals surface area contributed by atoms with Gasteiger partial charge in [0.15, 0.2) is 0 Å². The number of anilines is 1. The first kappa shape index (κ1) is 19.5. The van der Waals surface area contributed by atoms with Crippen molar-refractivity contribution in [2.75, 3.05) is 25.1 Å². The Morgan fingerprint density at radius 2 is 1.60 bits per heavy atom. The van der Waals surface area contributed by atoms with Crippen LogP contribution in [0.1, 0.15) is 39.0 Å². The van der Waals surface area contributed by atoms with Crippen molar-refractivity contribution >= 4 is 17.3 Å². The molecule has 0 spiro atoms. The van der Waals surface area contributed by atoms with Crippen molar-refractivity contribution in [3.8, 4) is 11.5 Å². The van der Waals surface area contributed by atoms with Crippen LogP contribution < -0.4 is 14.8 Å². The molecule has 0 amide bonds. The predicted molar refractivity (Wildman–Crippen MR) is 106 cm³/mol. The van der Waals surface area contributed by atoms with E-state index in [4.69, 9.17) is 21.1 Å². The molecule has 0 saturated carbocycles. The Morgan fingerprint density at radius 1 is 0.840 bits per heavy atom. The summed E-state index contributed by atoms with van der Waals surface area (Å²) in [5.74, 6) is 1.74. The van der Waals surface area contributed by atoms with E-state index in [0.29, 0.717) is 11.6 Å². The van der Waals surface area contributed by atoms with E-state index in [9.17, 15) is 0 Å². The van der Waals surface area contributed by atoms with Gasteiger partial charge in [0.2, 0.25) is 0 Å². The average molecular weight is 362 g/mol. The molecule has 0 saturated heterocycles. The van der Waals surface area contributed by atoms with Crippen molar-refractivity contribution in [2.24, 2.45) is 0 Å². The molecule has 1 N–H and O–H groups in total. The van der Waals surface area contributed by atoms with E-state index in [1.807, 2.05) is 48.5 Å². The zero-order valence-corrected chi connectivity index (χ0v) is 15.7. The number of rotatable bonds is 12. The van der Waals surface area contributed by atoms with Gasteiger partial charge in [-0.15, -0.1) is 0 Å². The third kappa shape index (κ3) is 8.17. The zero-order valence-electron chi connectivity index (χ0n) is 15.0. The van der Waals surface area contributed by atoms with Gasteiger partial charge in [0, 0.05) is 23.3 Å². The van der Waals surface area contributed by atoms with E-state index in [1.165, 1.54) is 25.7 Å². The molecule has 3 nitrogen and oxygen atoms in total. The summed E-state index contributed by atoms with van der Waals surface area (Å²) in [5.41, 5.74) is 1.04. The fourth-order valence-corrected chi connectivity index (χ4v) is 2.61. The second-order valence-electron chi connectivity index (χ2n) is 6.02. The lowest BCUT2D eigenvalue weighted by atomic mass is 10.2. The summed E-state index contributed by atoms with van der Waals surface area (Å²) < 4.78 is 11.5. The summed E-state index contributed by atoms with van der Waals surface area (Å²) in [6, 6.07) is 15.5. The molecule has 0 unspecified atom stereocenters. The molecule has 0 radical (unpaired) electrons. The van der Waals surface area contributed by atoms with Crippen molar-refractivity contribution < 1.29 is 9.47 Å². The molecular formula is C21H28ClNO2. The number of hydrogen-bond donors (Lipinski definition) is 1. The minimum Gasteiger partial charge on any atom is -0.494 e. The highest BCUT2D eigenvalue weighted by atomic mass is 35.5. The first-order valence-electron chi connectivity index (χ1n) is 9.13. The summed E-state index contributed by atoms with van der Waals surface area (Å²) in [6.45, 7) is 4.33. The van der Waals surface area contributed by atoms with E-state index in [0.717, 1.165) is 36.8 Å². The largest absolute Gasteiger partial charge is 0.494 e. The molecule has 0 bridgehead atoms. The maximum Gasteiger partial charge on any atom is 0.121 e. The molecule has 2 aromatic rings. The summed E-state index contributed by atoms with van der Waals surface area (Å²) in [7, 11) is 0. The molecular weight excluding hydrogens is 334 g/mol. The number of hydrogen-bond acceptors (Lipinski definition) is 3. The van der Waals surface area contributed by atoms with E-state index in [2.05, 4.69) is 12.2 Å². The molecule has 0 fully saturated rings. The number of ether oxygens (including phenoxy) is 2. The maximum absolute atomic E-state index is 5.86. The van der Waals surface area contributed by atoms with Crippen LogP contribution in [0.5, 0.6) is 11.5 Å². The number of nitrogens with one attached hydrogen (secondary N) is 1. The number of unbranched alkanes of at least 4 members (excludes halogenated alkanes) is 4. The SMILES string of the molecule is CCCCCCCOc1cccc(NCCOc2ccc(Cl)cc2)c1. The summed E-state index contributed by atoms with van der Waals surface area (Å²) in [6.07, 6.45) is 6.25. The van der Waals surface area contributed by atoms with Crippen LogP contribution in [0, 0.1) is 0 Å². The predicted octanol–water partition coefficient (Wildman–Crippen LogP) is 6.18. The average Bonchev–Trinajstić information content (AvgIpc) is 2.63. The second kappa shape index (κ2) is 11.6. The lowest BCUT2D eigenvalue weighted by Crippen LogP contribution is -2.11. The number of halogens is 1. The van der Waals surface area contributed by atoms with Crippen molar-refractivity contribution in [3.63, 3.8) is 0 Å². The first-order valence-corrected chi connectivity index (χ1v) is 9.51. The standard InChI is InChI=1S/C21H28ClNO2/c1-2-3-4-5-6-15-24-21-9-7-8-19(17-21)23-14-16-25-20-12-10-18(22)11-13-20/h7-13,17,23H,2-6,14-16H2,1H3. The van der Waals surface area contributed by atoms with Crippen LogP contribution in [0.2, 0.25) is 5.02 Å². The third-order valence-corrected chi connectivity index (χ3v) is 4.12. The minimum atomic E-state index is 0.587. The van der Waals surface area contributed by atoms with Crippen LogP contribution in [0.4, 0.5) is 5.69 Å². The molecule has 0 aliphatic heterocycles. The van der Waals surface area contributed by atoms with Gasteiger partial charge in [-0.3, -0.25) is 0 Å². The lowest BCUT2D eigenvalue weighted by Gasteiger charge is -2.11. The Hall–Kier alpha value is -1.87. The van der Waals surface area contributed by atoms with Gasteiger partial charge >= 0.3 is 0 Å². The molecule has 25 heavy (non-hydrogen) atoms. The lowest BCUT2D eigenvalue weighted by molar-refractivity contribution is 0.304. The first-order chi connectivity index (χ1) is 12.3. The molecule has 0 aliphatic rings. The van der Waals surface area contributed by atoms with Gasteiger partial charge in [0.05, 0.1) is 6.61 Å². The van der Waals surface area contributed by atoms with Crippen LogP contribution in [0.15, 0.2) is 48.5 Å². The molecule has 0 heterocycles. The smallest absolute Gasteiger partial charge is 0.121 e. The Kier molecular flexibility index (Phi) is 9.06. The Labute approximate surface area is 156 Å². The normalized spacial score (nSPS) is 10.5. The molecule has 0 aromatic heterocycles. The van der Waals surface area contributed by atoms with Gasteiger partial charge < -0.3 is 14.8 Å². The van der Waals surface area contributed by atoms with Gasteiger partial charge in [0.25, 0.3) is 0 Å². The highest BCUT2D eigenvalue weighted by Crippen LogP contribution is 2.18. The van der Waals surface area contributed by atoms with Gasteiger partial charge in [-0.1, -0.05) is 50.3 Å². The molecule has 4 heteroatoms. The highest BCUT2D eigenvalue weighted by molar-refractivity contribution is 6.30. The Bertz CT molecular complexity index is 601. The van der Waals surface area contributed by atoms with Gasteiger partial charge in [-0.25, -0.2) is 0 Å². The summed E-state index contributed by atoms with van der Waals surface area (Å²) in [5, 5.41) is 4.07.